The van der Waals surface area contributed by atoms with E-state index in [1.54, 1.807) is 28.6 Å². The highest BCUT2D eigenvalue weighted by Crippen LogP contribution is 2.18. The van der Waals surface area contributed by atoms with Gasteiger partial charge in [-0.1, -0.05) is 30.3 Å². The molecule has 1 aliphatic heterocycles. The van der Waals surface area contributed by atoms with Gasteiger partial charge in [0.15, 0.2) is 5.52 Å². The molecule has 1 amide bonds. The molecule has 2 aromatic carbocycles. The van der Waals surface area contributed by atoms with Crippen LogP contribution >= 0.6 is 0 Å². The number of hydrogen-bond donors (Lipinski definition) is 0. The van der Waals surface area contributed by atoms with Gasteiger partial charge < -0.3 is 9.80 Å². The molecule has 38 heavy (non-hydrogen) atoms. The van der Waals surface area contributed by atoms with Gasteiger partial charge in [-0.3, -0.25) is 23.4 Å². The summed E-state index contributed by atoms with van der Waals surface area (Å²) in [5, 5.41) is 4.49. The number of hydrogen-bond acceptors (Lipinski definition) is 5. The van der Waals surface area contributed by atoms with Crippen molar-refractivity contribution in [3.63, 3.8) is 0 Å². The molecule has 0 spiro atoms. The second-order valence-electron chi connectivity index (χ2n) is 9.50. The molecule has 9 nitrogen and oxygen atoms in total. The molecular weight excluding hydrogens is 487 g/mol. The SMILES string of the molecule is CCn1nc(C)c2c1c(=O)n(CCc1ccccc1)c(=O)n2CC(=O)N1CCN(c2ccc(F)cc2)CC1. The lowest BCUT2D eigenvalue weighted by molar-refractivity contribution is -0.132. The Hall–Kier alpha value is -4.21. The summed E-state index contributed by atoms with van der Waals surface area (Å²) < 4.78 is 17.5. The van der Waals surface area contributed by atoms with Gasteiger partial charge in [0, 0.05) is 45.0 Å². The van der Waals surface area contributed by atoms with Crippen LogP contribution in [0.2, 0.25) is 0 Å². The molecule has 1 aliphatic rings. The lowest BCUT2D eigenvalue weighted by Gasteiger charge is -2.36. The third-order valence-electron chi connectivity index (χ3n) is 7.16. The van der Waals surface area contributed by atoms with Crippen LogP contribution in [0.3, 0.4) is 0 Å². The van der Waals surface area contributed by atoms with Crippen LogP contribution in [0.25, 0.3) is 11.0 Å². The monoisotopic (exact) mass is 518 g/mol. The topological polar surface area (TPSA) is 85.4 Å². The lowest BCUT2D eigenvalue weighted by atomic mass is 10.1. The zero-order valence-electron chi connectivity index (χ0n) is 21.6. The largest absolute Gasteiger partial charge is 0.368 e. The van der Waals surface area contributed by atoms with Crippen molar-refractivity contribution < 1.29 is 9.18 Å². The maximum Gasteiger partial charge on any atom is 0.332 e. The van der Waals surface area contributed by atoms with Gasteiger partial charge in [0.05, 0.1) is 5.69 Å². The number of benzene rings is 2. The molecule has 2 aromatic heterocycles. The summed E-state index contributed by atoms with van der Waals surface area (Å²) in [7, 11) is 0. The third-order valence-corrected chi connectivity index (χ3v) is 7.16. The molecule has 0 aliphatic carbocycles. The molecule has 5 rings (SSSR count). The van der Waals surface area contributed by atoms with Crippen molar-refractivity contribution in [3.8, 4) is 0 Å². The first-order valence-corrected chi connectivity index (χ1v) is 12.9. The van der Waals surface area contributed by atoms with Gasteiger partial charge in [0.25, 0.3) is 5.56 Å². The van der Waals surface area contributed by atoms with E-state index in [1.807, 2.05) is 37.3 Å². The molecule has 0 bridgehead atoms. The van der Waals surface area contributed by atoms with Crippen LogP contribution < -0.4 is 16.1 Å². The minimum Gasteiger partial charge on any atom is -0.368 e. The highest BCUT2D eigenvalue weighted by Gasteiger charge is 2.25. The predicted octanol–water partition coefficient (Wildman–Crippen LogP) is 2.42. The number of carbonyl (C=O) groups excluding carboxylic acids is 1. The van der Waals surface area contributed by atoms with Crippen LogP contribution in [-0.4, -0.2) is 55.9 Å². The molecule has 0 saturated carbocycles. The fourth-order valence-electron chi connectivity index (χ4n) is 5.12. The van der Waals surface area contributed by atoms with Gasteiger partial charge in [0.2, 0.25) is 5.91 Å². The number of aromatic nitrogens is 4. The molecule has 0 atom stereocenters. The number of nitrogens with zero attached hydrogens (tertiary/aromatic N) is 6. The Morgan fingerprint density at radius 2 is 1.61 bits per heavy atom. The molecule has 0 N–H and O–H groups in total. The molecule has 0 radical (unpaired) electrons. The maximum absolute atomic E-state index is 13.6. The van der Waals surface area contributed by atoms with Gasteiger partial charge >= 0.3 is 5.69 Å². The maximum atomic E-state index is 13.6. The molecule has 1 saturated heterocycles. The summed E-state index contributed by atoms with van der Waals surface area (Å²) in [6.07, 6.45) is 0.514. The van der Waals surface area contributed by atoms with E-state index < -0.39 is 5.69 Å². The quantitative estimate of drug-likeness (QED) is 0.375. The molecule has 4 aromatic rings. The Morgan fingerprint density at radius 3 is 2.26 bits per heavy atom. The highest BCUT2D eigenvalue weighted by atomic mass is 19.1. The number of piperazine rings is 1. The highest BCUT2D eigenvalue weighted by molar-refractivity contribution is 5.81. The lowest BCUT2D eigenvalue weighted by Crippen LogP contribution is -2.51. The Balaban J connectivity index is 1.42. The minimum atomic E-state index is -0.504. The van der Waals surface area contributed by atoms with Crippen molar-refractivity contribution in [1.82, 2.24) is 23.8 Å². The van der Waals surface area contributed by atoms with Crippen molar-refractivity contribution in [2.24, 2.45) is 0 Å². The first-order valence-electron chi connectivity index (χ1n) is 12.9. The fraction of sp³-hybridized carbons (Fsp3) is 0.357. The van der Waals surface area contributed by atoms with E-state index in [9.17, 15) is 18.8 Å². The van der Waals surface area contributed by atoms with Gasteiger partial charge in [0.1, 0.15) is 17.9 Å². The van der Waals surface area contributed by atoms with Crippen LogP contribution in [0.1, 0.15) is 18.2 Å². The van der Waals surface area contributed by atoms with Crippen LogP contribution in [0.15, 0.2) is 64.2 Å². The number of anilines is 1. The van der Waals surface area contributed by atoms with Crippen LogP contribution in [0, 0.1) is 12.7 Å². The van der Waals surface area contributed by atoms with Crippen molar-refractivity contribution in [3.05, 3.63) is 92.5 Å². The fourth-order valence-corrected chi connectivity index (χ4v) is 5.12. The van der Waals surface area contributed by atoms with Crippen molar-refractivity contribution in [2.45, 2.75) is 39.9 Å². The third kappa shape index (κ3) is 4.85. The number of fused-ring (bicyclic) bond motifs is 1. The van der Waals surface area contributed by atoms with Crippen molar-refractivity contribution in [1.29, 1.82) is 0 Å². The average molecular weight is 519 g/mol. The molecule has 3 heterocycles. The first kappa shape index (κ1) is 25.4. The van der Waals surface area contributed by atoms with E-state index in [-0.39, 0.29) is 30.4 Å². The summed E-state index contributed by atoms with van der Waals surface area (Å²) in [6, 6.07) is 16.0. The van der Waals surface area contributed by atoms with E-state index in [4.69, 9.17) is 0 Å². The molecule has 198 valence electrons. The number of halogens is 1. The second-order valence-corrected chi connectivity index (χ2v) is 9.50. The van der Waals surface area contributed by atoms with Gasteiger partial charge in [-0.2, -0.15) is 5.10 Å². The molecular formula is C28H31FN6O3. The Labute approximate surface area is 219 Å². The Morgan fingerprint density at radius 1 is 0.921 bits per heavy atom. The first-order chi connectivity index (χ1) is 18.4. The van der Waals surface area contributed by atoms with E-state index in [0.29, 0.717) is 55.9 Å². The van der Waals surface area contributed by atoms with Crippen LogP contribution in [0.5, 0.6) is 0 Å². The summed E-state index contributed by atoms with van der Waals surface area (Å²) in [5.74, 6) is -0.477. The van der Waals surface area contributed by atoms with E-state index >= 15 is 0 Å². The summed E-state index contributed by atoms with van der Waals surface area (Å²) >= 11 is 0. The Kier molecular flexibility index (Phi) is 7.13. The zero-order valence-corrected chi connectivity index (χ0v) is 21.6. The van der Waals surface area contributed by atoms with Crippen LogP contribution in [-0.2, 0) is 30.8 Å². The van der Waals surface area contributed by atoms with Crippen molar-refractivity contribution >= 4 is 22.6 Å². The second kappa shape index (κ2) is 10.6. The predicted molar refractivity (Wildman–Crippen MR) is 144 cm³/mol. The Bertz CT molecular complexity index is 1560. The van der Waals surface area contributed by atoms with E-state index in [1.165, 1.54) is 21.3 Å². The minimum absolute atomic E-state index is 0.173. The molecule has 0 unspecified atom stereocenters. The van der Waals surface area contributed by atoms with Gasteiger partial charge in [-0.05, 0) is 50.1 Å². The standard InChI is InChI=1S/C28H31FN6O3/c1-3-35-26-25(20(2)30-35)34(28(38)33(27(26)37)14-13-21-7-5-4-6-8-21)19-24(36)32-17-15-31(16-18-32)23-11-9-22(29)10-12-23/h4-12H,3,13-19H2,1-2H3. The van der Waals surface area contributed by atoms with Crippen molar-refractivity contribution in [2.75, 3.05) is 31.1 Å². The van der Waals surface area contributed by atoms with Gasteiger partial charge in [-0.25, -0.2) is 9.18 Å². The zero-order chi connectivity index (χ0) is 26.8. The van der Waals surface area contributed by atoms with E-state index in [2.05, 4.69) is 10.00 Å². The average Bonchev–Trinajstić information content (AvgIpc) is 3.28. The number of rotatable bonds is 7. The number of amides is 1. The van der Waals surface area contributed by atoms with Gasteiger partial charge in [-0.15, -0.1) is 0 Å². The van der Waals surface area contributed by atoms with Crippen LogP contribution in [0.4, 0.5) is 10.1 Å². The molecule has 10 heteroatoms. The normalized spacial score (nSPS) is 13.9. The summed E-state index contributed by atoms with van der Waals surface area (Å²) in [5.41, 5.74) is 2.32. The number of aryl methyl sites for hydroxylation is 3. The smallest absolute Gasteiger partial charge is 0.332 e. The summed E-state index contributed by atoms with van der Waals surface area (Å²) in [6.45, 7) is 6.31. The van der Waals surface area contributed by atoms with E-state index in [0.717, 1.165) is 11.3 Å². The summed E-state index contributed by atoms with van der Waals surface area (Å²) in [4.78, 5) is 44.3. The number of carbonyl (C=O) groups is 1. The molecule has 1 fully saturated rings.